The molecule has 0 spiro atoms. The van der Waals surface area contributed by atoms with Gasteiger partial charge in [0.2, 0.25) is 0 Å². The topological polar surface area (TPSA) is 90.9 Å². The van der Waals surface area contributed by atoms with Gasteiger partial charge in [0.05, 0.1) is 16.9 Å². The zero-order valence-electron chi connectivity index (χ0n) is 16.1. The minimum absolute atomic E-state index is 0.0259. The Morgan fingerprint density at radius 2 is 2.00 bits per heavy atom. The highest BCUT2D eigenvalue weighted by Crippen LogP contribution is 2.41. The van der Waals surface area contributed by atoms with Gasteiger partial charge in [-0.25, -0.2) is 4.68 Å². The summed E-state index contributed by atoms with van der Waals surface area (Å²) in [6.45, 7) is 7.06. The molecule has 0 bridgehead atoms. The average molecular weight is 398 g/mol. The van der Waals surface area contributed by atoms with Gasteiger partial charge in [-0.2, -0.15) is 0 Å². The molecule has 1 atom stereocenters. The highest BCUT2D eigenvalue weighted by Gasteiger charge is 2.31. The first kappa shape index (κ1) is 18.7. The van der Waals surface area contributed by atoms with Gasteiger partial charge in [-0.3, -0.25) is 14.9 Å². The molecule has 0 N–H and O–H groups in total. The fourth-order valence-corrected chi connectivity index (χ4v) is 5.10. The first-order valence-electron chi connectivity index (χ1n) is 9.35. The smallest absolute Gasteiger partial charge is 0.267 e. The molecule has 0 fully saturated rings. The number of nitro benzene ring substituents is 1. The van der Waals surface area contributed by atoms with Crippen LogP contribution in [0.15, 0.2) is 29.1 Å². The number of thiophene rings is 1. The molecule has 146 valence electrons. The van der Waals surface area contributed by atoms with Crippen molar-refractivity contribution in [2.75, 3.05) is 0 Å². The Kier molecular flexibility index (Phi) is 4.53. The van der Waals surface area contributed by atoms with Crippen LogP contribution in [-0.2, 0) is 19.4 Å². The summed E-state index contributed by atoms with van der Waals surface area (Å²) in [5, 5.41) is 19.9. The van der Waals surface area contributed by atoms with E-state index < -0.39 is 4.92 Å². The number of nitro groups is 1. The molecule has 2 aromatic heterocycles. The highest BCUT2D eigenvalue weighted by atomic mass is 32.1. The molecule has 0 amide bonds. The van der Waals surface area contributed by atoms with Crippen molar-refractivity contribution >= 4 is 27.2 Å². The van der Waals surface area contributed by atoms with Crippen LogP contribution in [-0.4, -0.2) is 19.9 Å². The molecule has 1 aliphatic carbocycles. The van der Waals surface area contributed by atoms with Gasteiger partial charge in [0, 0.05) is 17.0 Å². The number of hydrogen-bond donors (Lipinski definition) is 0. The Labute approximate surface area is 166 Å². The minimum atomic E-state index is -0.440. The summed E-state index contributed by atoms with van der Waals surface area (Å²) in [7, 11) is 0. The van der Waals surface area contributed by atoms with Gasteiger partial charge in [-0.1, -0.05) is 38.1 Å². The SMILES string of the molecule is CC(C)(C)C1CCc2c(sc3nnn(Cc4ccc([N+](=O)[O-])cc4)c(=O)c23)C1. The van der Waals surface area contributed by atoms with Crippen LogP contribution in [0.1, 0.15) is 43.2 Å². The summed E-state index contributed by atoms with van der Waals surface area (Å²) in [6.07, 6.45) is 2.96. The monoisotopic (exact) mass is 398 g/mol. The van der Waals surface area contributed by atoms with E-state index in [0.29, 0.717) is 16.1 Å². The number of aryl methyl sites for hydroxylation is 1. The minimum Gasteiger partial charge on any atom is -0.267 e. The van der Waals surface area contributed by atoms with E-state index in [-0.39, 0.29) is 23.2 Å². The van der Waals surface area contributed by atoms with Gasteiger partial charge in [-0.15, -0.1) is 16.4 Å². The Morgan fingerprint density at radius 1 is 1.29 bits per heavy atom. The predicted molar refractivity (Wildman–Crippen MR) is 109 cm³/mol. The molecule has 1 aliphatic rings. The van der Waals surface area contributed by atoms with Crippen LogP contribution in [0.3, 0.4) is 0 Å². The van der Waals surface area contributed by atoms with Gasteiger partial charge in [0.25, 0.3) is 11.2 Å². The number of nitrogens with zero attached hydrogens (tertiary/aromatic N) is 4. The van der Waals surface area contributed by atoms with Gasteiger partial charge in [-0.05, 0) is 41.7 Å². The molecule has 0 saturated heterocycles. The zero-order chi connectivity index (χ0) is 20.1. The number of aromatic nitrogens is 3. The first-order chi connectivity index (χ1) is 13.2. The third-order valence-electron chi connectivity index (χ3n) is 5.64. The molecule has 8 heteroatoms. The summed E-state index contributed by atoms with van der Waals surface area (Å²) in [5.41, 5.74) is 2.06. The summed E-state index contributed by atoms with van der Waals surface area (Å²) in [4.78, 5) is 25.4. The summed E-state index contributed by atoms with van der Waals surface area (Å²) < 4.78 is 1.35. The fourth-order valence-electron chi connectivity index (χ4n) is 3.87. The van der Waals surface area contributed by atoms with Crippen LogP contribution >= 0.6 is 11.3 Å². The van der Waals surface area contributed by atoms with Crippen molar-refractivity contribution in [3.63, 3.8) is 0 Å². The lowest BCUT2D eigenvalue weighted by molar-refractivity contribution is -0.384. The summed E-state index contributed by atoms with van der Waals surface area (Å²) in [5.74, 6) is 0.600. The zero-order valence-corrected chi connectivity index (χ0v) is 17.0. The molecule has 28 heavy (non-hydrogen) atoms. The van der Waals surface area contributed by atoms with Crippen molar-refractivity contribution in [2.45, 2.75) is 46.6 Å². The number of benzene rings is 1. The molecule has 2 heterocycles. The molecule has 1 unspecified atom stereocenters. The van der Waals surface area contributed by atoms with Crippen LogP contribution in [0.2, 0.25) is 0 Å². The van der Waals surface area contributed by atoms with Crippen LogP contribution in [0.5, 0.6) is 0 Å². The number of fused-ring (bicyclic) bond motifs is 3. The van der Waals surface area contributed by atoms with Crippen LogP contribution in [0.25, 0.3) is 10.2 Å². The quantitative estimate of drug-likeness (QED) is 0.492. The molecule has 0 radical (unpaired) electrons. The number of hydrogen-bond acceptors (Lipinski definition) is 6. The first-order valence-corrected chi connectivity index (χ1v) is 10.2. The van der Waals surface area contributed by atoms with E-state index in [0.717, 1.165) is 30.4 Å². The Balaban J connectivity index is 1.68. The van der Waals surface area contributed by atoms with E-state index in [1.807, 2.05) is 0 Å². The number of rotatable bonds is 3. The van der Waals surface area contributed by atoms with E-state index in [2.05, 4.69) is 31.1 Å². The van der Waals surface area contributed by atoms with E-state index in [9.17, 15) is 14.9 Å². The molecule has 0 aliphatic heterocycles. The molecule has 4 rings (SSSR count). The third kappa shape index (κ3) is 3.32. The van der Waals surface area contributed by atoms with Crippen molar-refractivity contribution in [2.24, 2.45) is 11.3 Å². The van der Waals surface area contributed by atoms with Gasteiger partial charge < -0.3 is 0 Å². The van der Waals surface area contributed by atoms with Gasteiger partial charge in [0.15, 0.2) is 4.83 Å². The van der Waals surface area contributed by atoms with Crippen molar-refractivity contribution in [1.29, 1.82) is 0 Å². The van der Waals surface area contributed by atoms with Crippen LogP contribution in [0.4, 0.5) is 5.69 Å². The van der Waals surface area contributed by atoms with E-state index in [4.69, 9.17) is 0 Å². The van der Waals surface area contributed by atoms with Crippen molar-refractivity contribution in [3.8, 4) is 0 Å². The maximum atomic E-state index is 13.1. The Morgan fingerprint density at radius 3 is 2.64 bits per heavy atom. The lowest BCUT2D eigenvalue weighted by atomic mass is 9.72. The van der Waals surface area contributed by atoms with E-state index >= 15 is 0 Å². The normalized spacial score (nSPS) is 16.9. The lowest BCUT2D eigenvalue weighted by Crippen LogP contribution is -2.28. The Bertz CT molecular complexity index is 1110. The second kappa shape index (κ2) is 6.77. The van der Waals surface area contributed by atoms with Crippen LogP contribution < -0.4 is 5.56 Å². The lowest BCUT2D eigenvalue weighted by Gasteiger charge is -2.33. The second-order valence-electron chi connectivity index (χ2n) is 8.47. The Hall–Kier alpha value is -2.61. The molecule has 7 nitrogen and oxygen atoms in total. The molecule has 0 saturated carbocycles. The van der Waals surface area contributed by atoms with Crippen LogP contribution in [0, 0.1) is 21.4 Å². The summed E-state index contributed by atoms with van der Waals surface area (Å²) >= 11 is 1.59. The molecular formula is C20H22N4O3S. The average Bonchev–Trinajstić information content (AvgIpc) is 3.02. The van der Waals surface area contributed by atoms with E-state index in [1.54, 1.807) is 23.5 Å². The molecule has 1 aromatic carbocycles. The van der Waals surface area contributed by atoms with E-state index in [1.165, 1.54) is 21.7 Å². The number of non-ortho nitro benzene ring substituents is 1. The molecule has 3 aromatic rings. The predicted octanol–water partition coefficient (Wildman–Crippen LogP) is 3.96. The maximum absolute atomic E-state index is 13.1. The van der Waals surface area contributed by atoms with Gasteiger partial charge >= 0.3 is 0 Å². The second-order valence-corrected chi connectivity index (χ2v) is 9.55. The maximum Gasteiger partial charge on any atom is 0.279 e. The van der Waals surface area contributed by atoms with Crippen molar-refractivity contribution in [3.05, 3.63) is 60.7 Å². The third-order valence-corrected chi connectivity index (χ3v) is 6.78. The largest absolute Gasteiger partial charge is 0.279 e. The molecular weight excluding hydrogens is 376 g/mol. The summed E-state index contributed by atoms with van der Waals surface area (Å²) in [6, 6.07) is 6.16. The highest BCUT2D eigenvalue weighted by molar-refractivity contribution is 7.18. The fraction of sp³-hybridized carbons (Fsp3) is 0.450. The van der Waals surface area contributed by atoms with Crippen molar-refractivity contribution in [1.82, 2.24) is 15.0 Å². The van der Waals surface area contributed by atoms with Gasteiger partial charge in [0.1, 0.15) is 0 Å². The standard InChI is InChI=1S/C20H22N4O3S/c1-20(2,3)13-6-9-15-16(10-13)28-18-17(15)19(25)23(22-21-18)11-12-4-7-14(8-5-12)24(26)27/h4-5,7-8,13H,6,9-11H2,1-3H3. The van der Waals surface area contributed by atoms with Crippen molar-refractivity contribution < 1.29 is 4.92 Å².